The summed E-state index contributed by atoms with van der Waals surface area (Å²) in [7, 11) is 5.77. The van der Waals surface area contributed by atoms with E-state index in [2.05, 4.69) is 27.2 Å². The summed E-state index contributed by atoms with van der Waals surface area (Å²) in [5.74, 6) is 1.39. The Kier molecular flexibility index (Phi) is 7.52. The Morgan fingerprint density at radius 3 is 2.63 bits per heavy atom. The zero-order chi connectivity index (χ0) is 24.9. The van der Waals surface area contributed by atoms with Crippen molar-refractivity contribution in [3.8, 4) is 5.88 Å². The second-order valence-corrected chi connectivity index (χ2v) is 8.79. The van der Waals surface area contributed by atoms with Gasteiger partial charge >= 0.3 is 0 Å². The van der Waals surface area contributed by atoms with Crippen molar-refractivity contribution in [1.82, 2.24) is 24.9 Å². The molecule has 0 bridgehead atoms. The molecule has 0 unspecified atom stereocenters. The third-order valence-corrected chi connectivity index (χ3v) is 5.82. The lowest BCUT2D eigenvalue weighted by Crippen LogP contribution is -2.36. The van der Waals surface area contributed by atoms with Crippen LogP contribution in [0.25, 0.3) is 0 Å². The Labute approximate surface area is 204 Å². The number of halogens is 1. The van der Waals surface area contributed by atoms with Crippen LogP contribution in [0.15, 0.2) is 42.6 Å². The average molecular weight is 480 g/mol. The van der Waals surface area contributed by atoms with Crippen molar-refractivity contribution in [2.24, 2.45) is 0 Å². The van der Waals surface area contributed by atoms with Crippen LogP contribution >= 0.6 is 0 Å². The van der Waals surface area contributed by atoms with Crippen LogP contribution in [0.1, 0.15) is 28.8 Å². The number of aldehydes is 1. The van der Waals surface area contributed by atoms with Crippen LogP contribution in [0.2, 0.25) is 0 Å². The molecular weight excluding hydrogens is 449 g/mol. The van der Waals surface area contributed by atoms with Gasteiger partial charge in [-0.1, -0.05) is 6.07 Å². The summed E-state index contributed by atoms with van der Waals surface area (Å²) >= 11 is 0. The van der Waals surface area contributed by atoms with Crippen LogP contribution in [0.5, 0.6) is 5.88 Å². The normalized spacial score (nSPS) is 14.7. The van der Waals surface area contributed by atoms with E-state index in [-0.39, 0.29) is 17.9 Å². The van der Waals surface area contributed by atoms with Crippen LogP contribution < -0.4 is 15.1 Å². The fourth-order valence-electron chi connectivity index (χ4n) is 3.91. The van der Waals surface area contributed by atoms with Crippen molar-refractivity contribution in [2.45, 2.75) is 25.9 Å². The topological polar surface area (TPSA) is 86.7 Å². The number of aromatic nitrogens is 3. The molecule has 184 valence electrons. The molecule has 0 amide bonds. The predicted molar refractivity (Wildman–Crippen MR) is 133 cm³/mol. The quantitative estimate of drug-likeness (QED) is 0.381. The molecule has 0 aliphatic carbocycles. The number of piperidine rings is 1. The van der Waals surface area contributed by atoms with Crippen LogP contribution in [0, 0.1) is 12.7 Å². The molecule has 4 rings (SSSR count). The smallest absolute Gasteiger partial charge is 0.229 e. The number of nitrogens with zero attached hydrogens (tertiary/aromatic N) is 6. The molecule has 3 aromatic rings. The molecule has 0 atom stereocenters. The lowest BCUT2D eigenvalue weighted by atomic mass is 10.1. The fourth-order valence-corrected chi connectivity index (χ4v) is 3.91. The van der Waals surface area contributed by atoms with Gasteiger partial charge in [-0.3, -0.25) is 4.79 Å². The van der Waals surface area contributed by atoms with E-state index in [9.17, 15) is 9.18 Å². The molecule has 1 aliphatic heterocycles. The monoisotopic (exact) mass is 479 g/mol. The maximum absolute atomic E-state index is 13.7. The van der Waals surface area contributed by atoms with Gasteiger partial charge in [0, 0.05) is 45.1 Å². The van der Waals surface area contributed by atoms with Crippen LogP contribution in [-0.4, -0.2) is 71.5 Å². The molecule has 1 N–H and O–H groups in total. The lowest BCUT2D eigenvalue weighted by Gasteiger charge is -2.31. The van der Waals surface area contributed by atoms with E-state index < -0.39 is 0 Å². The second kappa shape index (κ2) is 10.7. The van der Waals surface area contributed by atoms with Gasteiger partial charge in [0.25, 0.3) is 0 Å². The molecule has 0 spiro atoms. The van der Waals surface area contributed by atoms with E-state index in [1.165, 1.54) is 12.3 Å². The minimum atomic E-state index is -0.291. The highest BCUT2D eigenvalue weighted by atomic mass is 19.1. The number of hydrogen-bond donors (Lipinski definition) is 1. The van der Waals surface area contributed by atoms with E-state index in [0.717, 1.165) is 25.9 Å². The number of pyridine rings is 1. The summed E-state index contributed by atoms with van der Waals surface area (Å²) in [6.45, 7) is 3.66. The first-order chi connectivity index (χ1) is 16.8. The Balaban J connectivity index is 1.63. The van der Waals surface area contributed by atoms with Gasteiger partial charge in [-0.25, -0.2) is 19.4 Å². The van der Waals surface area contributed by atoms with Crippen molar-refractivity contribution in [1.29, 1.82) is 0 Å². The van der Waals surface area contributed by atoms with Gasteiger partial charge in [-0.2, -0.15) is 9.97 Å². The predicted octanol–water partition coefficient (Wildman–Crippen LogP) is 3.96. The third-order valence-electron chi connectivity index (χ3n) is 5.82. The fraction of sp³-hybridized carbons (Fsp3) is 0.360. The molecule has 35 heavy (non-hydrogen) atoms. The summed E-state index contributed by atoms with van der Waals surface area (Å²) < 4.78 is 19.8. The van der Waals surface area contributed by atoms with Gasteiger partial charge in [0.1, 0.15) is 11.9 Å². The Morgan fingerprint density at radius 2 is 1.94 bits per heavy atom. The van der Waals surface area contributed by atoms with Gasteiger partial charge < -0.3 is 15.0 Å². The van der Waals surface area contributed by atoms with Crippen LogP contribution in [-0.2, 0) is 0 Å². The Hall–Kier alpha value is -3.63. The zero-order valence-electron chi connectivity index (χ0n) is 20.4. The number of hydrazine groups is 1. The molecule has 1 aromatic carbocycles. The molecule has 1 saturated heterocycles. The second-order valence-electron chi connectivity index (χ2n) is 8.79. The molecule has 1 fully saturated rings. The summed E-state index contributed by atoms with van der Waals surface area (Å²) in [6, 6.07) is 10.2. The maximum Gasteiger partial charge on any atom is 0.229 e. The third kappa shape index (κ3) is 5.90. The first-order valence-corrected chi connectivity index (χ1v) is 11.5. The number of carbonyl (C=O) groups is 1. The average Bonchev–Trinajstić information content (AvgIpc) is 2.83. The van der Waals surface area contributed by atoms with Crippen molar-refractivity contribution in [2.75, 3.05) is 44.6 Å². The highest BCUT2D eigenvalue weighted by Crippen LogP contribution is 2.29. The van der Waals surface area contributed by atoms with Gasteiger partial charge in [-0.05, 0) is 56.6 Å². The number of ether oxygens (including phenoxy) is 1. The highest BCUT2D eigenvalue weighted by Gasteiger charge is 2.22. The standard InChI is InChI=1S/C25H30FN7O2/c1-17-14-19(8-9-21(17)26)28-25-27-15-18(16-34)24(30-25)33(31(2)3)22-6-5-7-23(29-22)35-20-10-12-32(4)13-11-20/h5-9,14-16,20H,10-13H2,1-4H3,(H,27,28,30). The summed E-state index contributed by atoms with van der Waals surface area (Å²) in [5.41, 5.74) is 1.43. The first kappa shape index (κ1) is 24.5. The van der Waals surface area contributed by atoms with Crippen molar-refractivity contribution >= 4 is 29.6 Å². The minimum absolute atomic E-state index is 0.112. The van der Waals surface area contributed by atoms with Gasteiger partial charge in [0.15, 0.2) is 17.9 Å². The summed E-state index contributed by atoms with van der Waals surface area (Å²) in [6.07, 6.45) is 4.15. The SMILES string of the molecule is Cc1cc(Nc2ncc(C=O)c(N(c3cccc(OC4CCN(C)CC4)n3)N(C)C)n2)ccc1F. The molecular formula is C25H30FN7O2. The molecule has 3 heterocycles. The molecule has 9 nitrogen and oxygen atoms in total. The number of benzene rings is 1. The number of rotatable bonds is 8. The zero-order valence-corrected chi connectivity index (χ0v) is 20.4. The summed E-state index contributed by atoms with van der Waals surface area (Å²) in [5, 5.41) is 6.58. The van der Waals surface area contributed by atoms with Crippen molar-refractivity contribution in [3.63, 3.8) is 0 Å². The van der Waals surface area contributed by atoms with Crippen LogP contribution in [0.4, 0.5) is 27.7 Å². The number of anilines is 4. The minimum Gasteiger partial charge on any atom is -0.474 e. The van der Waals surface area contributed by atoms with Gasteiger partial charge in [-0.15, -0.1) is 0 Å². The van der Waals surface area contributed by atoms with Gasteiger partial charge in [0.05, 0.1) is 5.56 Å². The van der Waals surface area contributed by atoms with Crippen molar-refractivity contribution < 1.29 is 13.9 Å². The van der Waals surface area contributed by atoms with Crippen molar-refractivity contribution in [3.05, 3.63) is 59.5 Å². The molecule has 0 saturated carbocycles. The van der Waals surface area contributed by atoms with Gasteiger partial charge in [0.2, 0.25) is 11.8 Å². The number of aryl methyl sites for hydroxylation is 1. The molecule has 2 aromatic heterocycles. The molecule has 0 radical (unpaired) electrons. The van der Waals surface area contributed by atoms with E-state index in [0.29, 0.717) is 40.6 Å². The number of hydrogen-bond acceptors (Lipinski definition) is 9. The first-order valence-electron chi connectivity index (χ1n) is 11.5. The van der Waals surface area contributed by atoms with E-state index in [4.69, 9.17) is 9.72 Å². The van der Waals surface area contributed by atoms with E-state index >= 15 is 0 Å². The number of likely N-dealkylation sites (tertiary alicyclic amines) is 1. The van der Waals surface area contributed by atoms with E-state index in [1.807, 2.05) is 32.3 Å². The highest BCUT2D eigenvalue weighted by molar-refractivity contribution is 5.84. The number of carbonyl (C=O) groups excluding carboxylic acids is 1. The number of nitrogens with one attached hydrogen (secondary N) is 1. The Morgan fingerprint density at radius 1 is 1.17 bits per heavy atom. The Bertz CT molecular complexity index is 1180. The summed E-state index contributed by atoms with van der Waals surface area (Å²) in [4.78, 5) is 27.7. The lowest BCUT2D eigenvalue weighted by molar-refractivity contribution is 0.110. The largest absolute Gasteiger partial charge is 0.474 e. The maximum atomic E-state index is 13.7. The molecule has 10 heteroatoms. The molecule has 1 aliphatic rings. The van der Waals surface area contributed by atoms with Crippen LogP contribution in [0.3, 0.4) is 0 Å². The van der Waals surface area contributed by atoms with E-state index in [1.54, 1.807) is 29.1 Å².